The molecular weight excluding hydrogens is 468 g/mol. The van der Waals surface area contributed by atoms with E-state index in [2.05, 4.69) is 39.5 Å². The third kappa shape index (κ3) is 6.47. The molecular formula is C24H34N6O4S. The van der Waals surface area contributed by atoms with Gasteiger partial charge in [0.2, 0.25) is 5.75 Å². The van der Waals surface area contributed by atoms with E-state index in [0.717, 1.165) is 16.9 Å². The molecule has 190 valence electrons. The average molecular weight is 503 g/mol. The van der Waals surface area contributed by atoms with Gasteiger partial charge in [-0.2, -0.15) is 5.10 Å². The molecule has 2 N–H and O–H groups in total. The molecule has 3 rings (SSSR count). The Hall–Kier alpha value is -3.21. The van der Waals surface area contributed by atoms with E-state index in [1.165, 1.54) is 11.8 Å². The number of amides is 1. The first-order chi connectivity index (χ1) is 16.9. The zero-order valence-electron chi connectivity index (χ0n) is 21.2. The van der Waals surface area contributed by atoms with E-state index in [1.54, 1.807) is 23.0 Å². The molecule has 0 aliphatic heterocycles. The quantitative estimate of drug-likeness (QED) is 0.265. The van der Waals surface area contributed by atoms with Gasteiger partial charge in [0.25, 0.3) is 5.91 Å². The van der Waals surface area contributed by atoms with Crippen LogP contribution in [0.15, 0.2) is 23.5 Å². The molecule has 0 bridgehead atoms. The summed E-state index contributed by atoms with van der Waals surface area (Å²) in [6.45, 7) is 11.9. The number of carbonyl (C=O) groups excluding carboxylic acids is 1. The van der Waals surface area contributed by atoms with Gasteiger partial charge in [-0.25, -0.2) is 14.6 Å². The van der Waals surface area contributed by atoms with Gasteiger partial charge in [0.1, 0.15) is 5.82 Å². The SMILES string of the molecule is CCOc1cc(C(=O)NCCn2ncc3c(NC(C)C)nc(SC)nc32)cc(OCC)c1OCC. The second kappa shape index (κ2) is 12.5. The average Bonchev–Trinajstić information content (AvgIpc) is 3.24. The lowest BCUT2D eigenvalue weighted by Gasteiger charge is -2.17. The van der Waals surface area contributed by atoms with E-state index >= 15 is 0 Å². The van der Waals surface area contributed by atoms with Gasteiger partial charge in [0.05, 0.1) is 37.9 Å². The Morgan fingerprint density at radius 2 is 1.71 bits per heavy atom. The Balaban J connectivity index is 1.78. The maximum absolute atomic E-state index is 13.0. The van der Waals surface area contributed by atoms with Crippen LogP contribution in [-0.4, -0.2) is 64.3 Å². The molecule has 3 aromatic rings. The van der Waals surface area contributed by atoms with Gasteiger partial charge >= 0.3 is 0 Å². The van der Waals surface area contributed by atoms with Crippen LogP contribution >= 0.6 is 11.8 Å². The van der Waals surface area contributed by atoms with Crippen molar-refractivity contribution >= 4 is 34.5 Å². The highest BCUT2D eigenvalue weighted by Gasteiger charge is 2.19. The van der Waals surface area contributed by atoms with Crippen LogP contribution in [0, 0.1) is 0 Å². The maximum Gasteiger partial charge on any atom is 0.251 e. The molecule has 0 saturated heterocycles. The minimum atomic E-state index is -0.243. The lowest BCUT2D eigenvalue weighted by atomic mass is 10.1. The van der Waals surface area contributed by atoms with Crippen molar-refractivity contribution in [1.29, 1.82) is 0 Å². The number of fused-ring (bicyclic) bond motifs is 1. The number of nitrogens with one attached hydrogen (secondary N) is 2. The number of thioether (sulfide) groups is 1. The Morgan fingerprint density at radius 1 is 1.06 bits per heavy atom. The van der Waals surface area contributed by atoms with Crippen molar-refractivity contribution in [2.75, 3.05) is 37.9 Å². The predicted octanol–water partition coefficient (Wildman–Crippen LogP) is 3.99. The molecule has 1 amide bonds. The molecule has 0 unspecified atom stereocenters. The standard InChI is InChI=1S/C24H34N6O4S/c1-7-32-18-12-16(13-19(33-8-2)20(18)34-9-3)23(31)25-10-11-30-22-17(14-26-30)21(27-15(4)5)28-24(29-22)35-6/h12-15H,7-11H2,1-6H3,(H,25,31)(H,27,28,29). The summed E-state index contributed by atoms with van der Waals surface area (Å²) >= 11 is 1.47. The largest absolute Gasteiger partial charge is 0.490 e. The van der Waals surface area contributed by atoms with Gasteiger partial charge in [0, 0.05) is 18.2 Å². The van der Waals surface area contributed by atoms with Crippen LogP contribution in [0.25, 0.3) is 11.0 Å². The lowest BCUT2D eigenvalue weighted by molar-refractivity contribution is 0.0951. The monoisotopic (exact) mass is 502 g/mol. The Morgan fingerprint density at radius 3 is 2.29 bits per heavy atom. The van der Waals surface area contributed by atoms with E-state index in [4.69, 9.17) is 14.2 Å². The number of nitrogens with zero attached hydrogens (tertiary/aromatic N) is 4. The minimum Gasteiger partial charge on any atom is -0.490 e. The molecule has 0 radical (unpaired) electrons. The van der Waals surface area contributed by atoms with Crippen LogP contribution in [0.5, 0.6) is 17.2 Å². The van der Waals surface area contributed by atoms with E-state index in [1.807, 2.05) is 27.0 Å². The first-order valence-corrected chi connectivity index (χ1v) is 13.0. The van der Waals surface area contributed by atoms with E-state index in [9.17, 15) is 4.79 Å². The second-order valence-electron chi connectivity index (χ2n) is 7.82. The van der Waals surface area contributed by atoms with Gasteiger partial charge < -0.3 is 24.8 Å². The Kier molecular flexibility index (Phi) is 9.41. The number of ether oxygens (including phenoxy) is 3. The molecule has 0 spiro atoms. The third-order valence-electron chi connectivity index (χ3n) is 4.86. The Labute approximate surface area is 210 Å². The number of benzene rings is 1. The fourth-order valence-corrected chi connectivity index (χ4v) is 3.83. The van der Waals surface area contributed by atoms with Gasteiger partial charge in [-0.05, 0) is 53.0 Å². The predicted molar refractivity (Wildman–Crippen MR) is 138 cm³/mol. The Bertz CT molecular complexity index is 1120. The molecule has 2 aromatic heterocycles. The van der Waals surface area contributed by atoms with Crippen molar-refractivity contribution in [3.63, 3.8) is 0 Å². The van der Waals surface area contributed by atoms with Crippen LogP contribution in [0.3, 0.4) is 0 Å². The summed E-state index contributed by atoms with van der Waals surface area (Å²) < 4.78 is 18.9. The summed E-state index contributed by atoms with van der Waals surface area (Å²) in [6, 6.07) is 3.58. The van der Waals surface area contributed by atoms with Gasteiger partial charge in [-0.1, -0.05) is 11.8 Å². The third-order valence-corrected chi connectivity index (χ3v) is 5.41. The number of aromatic nitrogens is 4. The molecule has 0 aliphatic rings. The van der Waals surface area contributed by atoms with Crippen LogP contribution in [-0.2, 0) is 6.54 Å². The van der Waals surface area contributed by atoms with Crippen LogP contribution in [0.2, 0.25) is 0 Å². The van der Waals surface area contributed by atoms with Crippen LogP contribution in [0.1, 0.15) is 45.0 Å². The van der Waals surface area contributed by atoms with Gasteiger partial charge in [-0.3, -0.25) is 4.79 Å². The van der Waals surface area contributed by atoms with Crippen molar-refractivity contribution in [3.05, 3.63) is 23.9 Å². The fraction of sp³-hybridized carbons (Fsp3) is 0.500. The zero-order chi connectivity index (χ0) is 25.4. The number of hydrogen-bond donors (Lipinski definition) is 2. The van der Waals surface area contributed by atoms with Crippen molar-refractivity contribution in [2.45, 2.75) is 52.4 Å². The normalized spacial score (nSPS) is 11.1. The molecule has 35 heavy (non-hydrogen) atoms. The number of carbonyl (C=O) groups is 1. The highest BCUT2D eigenvalue weighted by atomic mass is 32.2. The first kappa shape index (κ1) is 26.4. The highest BCUT2D eigenvalue weighted by Crippen LogP contribution is 2.39. The summed E-state index contributed by atoms with van der Waals surface area (Å²) in [6.07, 6.45) is 3.69. The molecule has 0 aliphatic carbocycles. The summed E-state index contributed by atoms with van der Waals surface area (Å²) in [5.41, 5.74) is 1.15. The highest BCUT2D eigenvalue weighted by molar-refractivity contribution is 7.98. The van der Waals surface area contributed by atoms with Crippen LogP contribution in [0.4, 0.5) is 5.82 Å². The number of rotatable bonds is 13. The second-order valence-corrected chi connectivity index (χ2v) is 8.59. The smallest absolute Gasteiger partial charge is 0.251 e. The lowest BCUT2D eigenvalue weighted by Crippen LogP contribution is -2.27. The van der Waals surface area contributed by atoms with E-state index < -0.39 is 0 Å². The maximum atomic E-state index is 13.0. The first-order valence-electron chi connectivity index (χ1n) is 11.8. The summed E-state index contributed by atoms with van der Waals surface area (Å²) in [5, 5.41) is 12.3. The minimum absolute atomic E-state index is 0.225. The molecule has 11 heteroatoms. The van der Waals surface area contributed by atoms with E-state index in [0.29, 0.717) is 60.9 Å². The van der Waals surface area contributed by atoms with Crippen molar-refractivity contribution < 1.29 is 19.0 Å². The van der Waals surface area contributed by atoms with Crippen LogP contribution < -0.4 is 24.8 Å². The molecule has 2 heterocycles. The van der Waals surface area contributed by atoms with Gasteiger partial charge in [0.15, 0.2) is 22.3 Å². The molecule has 1 aromatic carbocycles. The number of hydrogen-bond acceptors (Lipinski definition) is 9. The summed E-state index contributed by atoms with van der Waals surface area (Å²) in [7, 11) is 0. The molecule has 10 nitrogen and oxygen atoms in total. The van der Waals surface area contributed by atoms with Crippen molar-refractivity contribution in [2.24, 2.45) is 0 Å². The molecule has 0 saturated carbocycles. The van der Waals surface area contributed by atoms with Crippen molar-refractivity contribution in [1.82, 2.24) is 25.1 Å². The fourth-order valence-electron chi connectivity index (χ4n) is 3.47. The van der Waals surface area contributed by atoms with E-state index in [-0.39, 0.29) is 11.9 Å². The summed E-state index contributed by atoms with van der Waals surface area (Å²) in [5.74, 6) is 1.98. The number of anilines is 1. The summed E-state index contributed by atoms with van der Waals surface area (Å²) in [4.78, 5) is 22.2. The van der Waals surface area contributed by atoms with Crippen molar-refractivity contribution in [3.8, 4) is 17.2 Å². The van der Waals surface area contributed by atoms with Gasteiger partial charge in [-0.15, -0.1) is 0 Å². The molecule has 0 fully saturated rings. The zero-order valence-corrected chi connectivity index (χ0v) is 22.0. The molecule has 0 atom stereocenters. The topological polar surface area (TPSA) is 112 Å².